The minimum atomic E-state index is -3.16. The summed E-state index contributed by atoms with van der Waals surface area (Å²) in [5.74, 6) is 0.105. The lowest BCUT2D eigenvalue weighted by atomic mass is 10.2. The van der Waals surface area contributed by atoms with Crippen molar-refractivity contribution in [3.63, 3.8) is 0 Å². The zero-order valence-corrected chi connectivity index (χ0v) is 13.7. The zero-order chi connectivity index (χ0) is 15.3. The van der Waals surface area contributed by atoms with Crippen LogP contribution in [-0.2, 0) is 16.6 Å². The Bertz CT molecular complexity index is 527. The van der Waals surface area contributed by atoms with Gasteiger partial charge in [0.25, 0.3) is 0 Å². The highest BCUT2D eigenvalue weighted by Crippen LogP contribution is 2.13. The third kappa shape index (κ3) is 5.11. The molecule has 0 aromatic heterocycles. The van der Waals surface area contributed by atoms with Gasteiger partial charge in [-0.15, -0.1) is 0 Å². The Kier molecular flexibility index (Phi) is 5.98. The van der Waals surface area contributed by atoms with Crippen molar-refractivity contribution in [3.8, 4) is 0 Å². The Morgan fingerprint density at radius 3 is 2.40 bits per heavy atom. The first-order chi connectivity index (χ1) is 9.22. The van der Waals surface area contributed by atoms with Crippen LogP contribution in [0.1, 0.15) is 12.5 Å². The minimum absolute atomic E-state index is 0.0922. The Balaban J connectivity index is 2.57. The maximum absolute atomic E-state index is 11.8. The smallest absolute Gasteiger partial charge is 0.215 e. The van der Waals surface area contributed by atoms with E-state index in [4.69, 9.17) is 0 Å². The van der Waals surface area contributed by atoms with Crippen LogP contribution >= 0.6 is 0 Å². The fourth-order valence-corrected chi connectivity index (χ4v) is 2.81. The first kappa shape index (κ1) is 16.9. The number of rotatable bonds is 7. The standard InChI is InChI=1S/C14H25N3O2S/c1-12(11-20(18,19)17(4)5)15-10-13-7-6-8-14(9-13)16(2)3/h6-9,12,15H,10-11H2,1-5H3. The van der Waals surface area contributed by atoms with Gasteiger partial charge in [0.2, 0.25) is 10.0 Å². The summed E-state index contributed by atoms with van der Waals surface area (Å²) in [6.07, 6.45) is 0. The molecular formula is C14H25N3O2S. The highest BCUT2D eigenvalue weighted by molar-refractivity contribution is 7.89. The molecule has 1 atom stereocenters. The van der Waals surface area contributed by atoms with Crippen molar-refractivity contribution < 1.29 is 8.42 Å². The average molecular weight is 299 g/mol. The highest BCUT2D eigenvalue weighted by atomic mass is 32.2. The molecule has 0 saturated carbocycles. The average Bonchev–Trinajstić information content (AvgIpc) is 2.36. The van der Waals surface area contributed by atoms with Crippen LogP contribution in [0.2, 0.25) is 0 Å². The molecular weight excluding hydrogens is 274 g/mol. The van der Waals surface area contributed by atoms with E-state index in [1.807, 2.05) is 44.1 Å². The molecule has 0 aliphatic heterocycles. The number of sulfonamides is 1. The van der Waals surface area contributed by atoms with Gasteiger partial charge >= 0.3 is 0 Å². The Hall–Kier alpha value is -1.11. The highest BCUT2D eigenvalue weighted by Gasteiger charge is 2.17. The van der Waals surface area contributed by atoms with Crippen molar-refractivity contribution in [1.29, 1.82) is 0 Å². The van der Waals surface area contributed by atoms with E-state index in [1.165, 1.54) is 4.31 Å². The molecule has 1 unspecified atom stereocenters. The molecule has 6 heteroatoms. The fourth-order valence-electron chi connectivity index (χ4n) is 1.76. The second kappa shape index (κ2) is 7.06. The lowest BCUT2D eigenvalue weighted by molar-refractivity contribution is 0.501. The van der Waals surface area contributed by atoms with Crippen molar-refractivity contribution in [1.82, 2.24) is 9.62 Å². The van der Waals surface area contributed by atoms with Crippen LogP contribution in [0.5, 0.6) is 0 Å². The van der Waals surface area contributed by atoms with E-state index >= 15 is 0 Å². The fraction of sp³-hybridized carbons (Fsp3) is 0.571. The summed E-state index contributed by atoms with van der Waals surface area (Å²) in [5.41, 5.74) is 2.28. The van der Waals surface area contributed by atoms with Crippen LogP contribution in [0.3, 0.4) is 0 Å². The van der Waals surface area contributed by atoms with Crippen LogP contribution in [0.15, 0.2) is 24.3 Å². The third-order valence-corrected chi connectivity index (χ3v) is 5.13. The van der Waals surface area contributed by atoms with E-state index in [0.717, 1.165) is 11.3 Å². The largest absolute Gasteiger partial charge is 0.378 e. The molecule has 1 aromatic carbocycles. The minimum Gasteiger partial charge on any atom is -0.378 e. The van der Waals surface area contributed by atoms with Crippen LogP contribution in [0.25, 0.3) is 0 Å². The van der Waals surface area contributed by atoms with Gasteiger partial charge in [-0.05, 0) is 24.6 Å². The number of nitrogens with one attached hydrogen (secondary N) is 1. The molecule has 0 aliphatic rings. The number of nitrogens with zero attached hydrogens (tertiary/aromatic N) is 2. The first-order valence-corrected chi connectivity index (χ1v) is 8.23. The van der Waals surface area contributed by atoms with E-state index in [9.17, 15) is 8.42 Å². The third-order valence-electron chi connectivity index (χ3n) is 3.10. The Morgan fingerprint density at radius 1 is 1.20 bits per heavy atom. The summed E-state index contributed by atoms with van der Waals surface area (Å²) >= 11 is 0. The summed E-state index contributed by atoms with van der Waals surface area (Å²) in [4.78, 5) is 2.05. The van der Waals surface area contributed by atoms with Gasteiger partial charge in [0.1, 0.15) is 0 Å². The lowest BCUT2D eigenvalue weighted by Crippen LogP contribution is -2.37. The molecule has 1 rings (SSSR count). The van der Waals surface area contributed by atoms with Crippen LogP contribution in [0, 0.1) is 0 Å². The molecule has 0 bridgehead atoms. The van der Waals surface area contributed by atoms with Gasteiger partial charge in [-0.2, -0.15) is 0 Å². The summed E-state index contributed by atoms with van der Waals surface area (Å²) in [6, 6.07) is 8.09. The second-order valence-corrected chi connectivity index (χ2v) is 7.63. The molecule has 1 aromatic rings. The number of benzene rings is 1. The van der Waals surface area contributed by atoms with Crippen molar-refractivity contribution in [2.45, 2.75) is 19.5 Å². The number of hydrogen-bond donors (Lipinski definition) is 1. The molecule has 0 spiro atoms. The predicted molar refractivity (Wildman–Crippen MR) is 84.5 cm³/mol. The van der Waals surface area contributed by atoms with Crippen molar-refractivity contribution >= 4 is 15.7 Å². The van der Waals surface area contributed by atoms with Crippen molar-refractivity contribution in [2.75, 3.05) is 38.8 Å². The maximum atomic E-state index is 11.8. The first-order valence-electron chi connectivity index (χ1n) is 6.62. The van der Waals surface area contributed by atoms with E-state index < -0.39 is 10.0 Å². The predicted octanol–water partition coefficient (Wildman–Crippen LogP) is 1.12. The van der Waals surface area contributed by atoms with Gasteiger partial charge < -0.3 is 10.2 Å². The summed E-state index contributed by atoms with van der Waals surface area (Å²) in [7, 11) is 3.95. The van der Waals surface area contributed by atoms with Crippen LogP contribution in [0.4, 0.5) is 5.69 Å². The van der Waals surface area contributed by atoms with E-state index in [1.54, 1.807) is 14.1 Å². The molecule has 0 heterocycles. The van der Waals surface area contributed by atoms with Crippen LogP contribution in [-0.4, -0.2) is 52.7 Å². The molecule has 114 valence electrons. The van der Waals surface area contributed by atoms with E-state index in [0.29, 0.717) is 6.54 Å². The molecule has 5 nitrogen and oxygen atoms in total. The molecule has 0 aliphatic carbocycles. The van der Waals surface area contributed by atoms with Gasteiger partial charge in [-0.3, -0.25) is 0 Å². The SMILES string of the molecule is CC(CS(=O)(=O)N(C)C)NCc1cccc(N(C)C)c1. The summed E-state index contributed by atoms with van der Waals surface area (Å²) < 4.78 is 24.8. The van der Waals surface area contributed by atoms with Gasteiger partial charge in [0.05, 0.1) is 5.75 Å². The van der Waals surface area contributed by atoms with Gasteiger partial charge in [-0.1, -0.05) is 12.1 Å². The number of anilines is 1. The quantitative estimate of drug-likeness (QED) is 0.820. The van der Waals surface area contributed by atoms with E-state index in [-0.39, 0.29) is 11.8 Å². The molecule has 0 radical (unpaired) electrons. The van der Waals surface area contributed by atoms with Gasteiger partial charge in [0.15, 0.2) is 0 Å². The maximum Gasteiger partial charge on any atom is 0.215 e. The molecule has 1 N–H and O–H groups in total. The Labute approximate surface area is 122 Å². The molecule has 0 fully saturated rings. The van der Waals surface area contributed by atoms with Gasteiger partial charge in [-0.25, -0.2) is 12.7 Å². The Morgan fingerprint density at radius 2 is 1.85 bits per heavy atom. The molecule has 0 amide bonds. The monoisotopic (exact) mass is 299 g/mol. The second-order valence-electron chi connectivity index (χ2n) is 5.41. The topological polar surface area (TPSA) is 52.7 Å². The molecule has 0 saturated heterocycles. The van der Waals surface area contributed by atoms with Crippen molar-refractivity contribution in [2.24, 2.45) is 0 Å². The zero-order valence-electron chi connectivity index (χ0n) is 12.9. The lowest BCUT2D eigenvalue weighted by Gasteiger charge is -2.18. The van der Waals surface area contributed by atoms with Crippen LogP contribution < -0.4 is 10.2 Å². The number of hydrogen-bond acceptors (Lipinski definition) is 4. The summed E-state index contributed by atoms with van der Waals surface area (Å²) in [5, 5.41) is 3.25. The van der Waals surface area contributed by atoms with Gasteiger partial charge in [0, 0.05) is 46.5 Å². The van der Waals surface area contributed by atoms with E-state index in [2.05, 4.69) is 11.4 Å². The normalized spacial score (nSPS) is 13.5. The molecule has 20 heavy (non-hydrogen) atoms. The van der Waals surface area contributed by atoms with Crippen molar-refractivity contribution in [3.05, 3.63) is 29.8 Å². The summed E-state index contributed by atoms with van der Waals surface area (Å²) in [6.45, 7) is 2.54.